The van der Waals surface area contributed by atoms with E-state index in [1.54, 1.807) is 0 Å². The quantitative estimate of drug-likeness (QED) is 0.871. The van der Waals surface area contributed by atoms with Crippen LogP contribution in [-0.4, -0.2) is 48.1 Å². The topological polar surface area (TPSA) is 32.5 Å². The summed E-state index contributed by atoms with van der Waals surface area (Å²) in [5, 5.41) is 0. The second-order valence-electron chi connectivity index (χ2n) is 5.73. The fourth-order valence-corrected chi connectivity index (χ4v) is 3.16. The van der Waals surface area contributed by atoms with E-state index in [1.165, 1.54) is 31.5 Å². The molecule has 18 heavy (non-hydrogen) atoms. The van der Waals surface area contributed by atoms with Gasteiger partial charge in [-0.15, -0.1) is 0 Å². The van der Waals surface area contributed by atoms with Crippen molar-refractivity contribution < 1.29 is 0 Å². The summed E-state index contributed by atoms with van der Waals surface area (Å²) in [6, 6.07) is 12.0. The van der Waals surface area contributed by atoms with E-state index < -0.39 is 0 Å². The van der Waals surface area contributed by atoms with Gasteiger partial charge in [-0.3, -0.25) is 9.80 Å². The average molecular weight is 245 g/mol. The molecule has 2 heterocycles. The van der Waals surface area contributed by atoms with E-state index in [1.807, 2.05) is 0 Å². The van der Waals surface area contributed by atoms with Gasteiger partial charge < -0.3 is 5.73 Å². The molecule has 2 aliphatic rings. The predicted molar refractivity (Wildman–Crippen MR) is 74.3 cm³/mol. The Morgan fingerprint density at radius 1 is 1.11 bits per heavy atom. The molecular formula is C15H23N3. The van der Waals surface area contributed by atoms with Crippen LogP contribution in [0.4, 0.5) is 0 Å². The first-order valence-corrected chi connectivity index (χ1v) is 7.07. The van der Waals surface area contributed by atoms with Gasteiger partial charge in [0.05, 0.1) is 0 Å². The third-order valence-electron chi connectivity index (χ3n) is 4.18. The molecule has 0 bridgehead atoms. The highest BCUT2D eigenvalue weighted by molar-refractivity contribution is 5.14. The summed E-state index contributed by atoms with van der Waals surface area (Å²) in [5.41, 5.74) is 7.31. The Kier molecular flexibility index (Phi) is 3.64. The summed E-state index contributed by atoms with van der Waals surface area (Å²) in [6.45, 7) is 5.75. The van der Waals surface area contributed by atoms with Gasteiger partial charge in [-0.2, -0.15) is 0 Å². The summed E-state index contributed by atoms with van der Waals surface area (Å²) in [7, 11) is 0. The van der Waals surface area contributed by atoms with Gasteiger partial charge >= 0.3 is 0 Å². The Bertz CT molecular complexity index is 373. The second kappa shape index (κ2) is 5.39. The van der Waals surface area contributed by atoms with Crippen LogP contribution >= 0.6 is 0 Å². The van der Waals surface area contributed by atoms with E-state index in [2.05, 4.69) is 40.1 Å². The highest BCUT2D eigenvalue weighted by Crippen LogP contribution is 2.21. The third-order valence-corrected chi connectivity index (χ3v) is 4.18. The monoisotopic (exact) mass is 245 g/mol. The van der Waals surface area contributed by atoms with Crippen LogP contribution in [0.15, 0.2) is 30.3 Å². The molecule has 0 saturated carbocycles. The Morgan fingerprint density at radius 3 is 2.61 bits per heavy atom. The molecule has 98 valence electrons. The van der Waals surface area contributed by atoms with Crippen LogP contribution in [0.1, 0.15) is 18.4 Å². The van der Waals surface area contributed by atoms with Crippen LogP contribution in [0.2, 0.25) is 0 Å². The fourth-order valence-electron chi connectivity index (χ4n) is 3.16. The summed E-state index contributed by atoms with van der Waals surface area (Å²) in [4.78, 5) is 5.15. The molecule has 2 aliphatic heterocycles. The zero-order valence-corrected chi connectivity index (χ0v) is 11.0. The third kappa shape index (κ3) is 2.74. The molecule has 2 fully saturated rings. The first-order chi connectivity index (χ1) is 8.81. The van der Waals surface area contributed by atoms with Gasteiger partial charge in [-0.1, -0.05) is 30.3 Å². The SMILES string of the molecule is NC1CN(C2CCCN(Cc3ccccc3)C2)C1. The Labute approximate surface area is 110 Å². The van der Waals surface area contributed by atoms with Gasteiger partial charge in [0.15, 0.2) is 0 Å². The van der Waals surface area contributed by atoms with Crippen molar-refractivity contribution in [3.63, 3.8) is 0 Å². The van der Waals surface area contributed by atoms with Crippen molar-refractivity contribution in [2.45, 2.75) is 31.5 Å². The first-order valence-electron chi connectivity index (χ1n) is 7.07. The number of benzene rings is 1. The van der Waals surface area contributed by atoms with Gasteiger partial charge in [0.1, 0.15) is 0 Å². The van der Waals surface area contributed by atoms with Crippen LogP contribution in [-0.2, 0) is 6.54 Å². The molecule has 0 aliphatic carbocycles. The van der Waals surface area contributed by atoms with Crippen molar-refractivity contribution >= 4 is 0 Å². The lowest BCUT2D eigenvalue weighted by Gasteiger charge is -2.46. The van der Waals surface area contributed by atoms with E-state index >= 15 is 0 Å². The zero-order valence-electron chi connectivity index (χ0n) is 11.0. The van der Waals surface area contributed by atoms with Crippen molar-refractivity contribution in [3.8, 4) is 0 Å². The standard InChI is InChI=1S/C15H23N3/c16-14-10-18(11-14)15-7-4-8-17(12-15)9-13-5-2-1-3-6-13/h1-3,5-6,14-15H,4,7-12,16H2. The Hall–Kier alpha value is -0.900. The smallest absolute Gasteiger partial charge is 0.0297 e. The van der Waals surface area contributed by atoms with Gasteiger partial charge in [0.25, 0.3) is 0 Å². The molecule has 1 unspecified atom stereocenters. The Morgan fingerprint density at radius 2 is 1.89 bits per heavy atom. The minimum Gasteiger partial charge on any atom is -0.325 e. The van der Waals surface area contributed by atoms with Crippen LogP contribution in [0.5, 0.6) is 0 Å². The van der Waals surface area contributed by atoms with Gasteiger partial charge in [0.2, 0.25) is 0 Å². The minimum atomic E-state index is 0.425. The van der Waals surface area contributed by atoms with Crippen molar-refractivity contribution in [2.75, 3.05) is 26.2 Å². The van der Waals surface area contributed by atoms with Gasteiger partial charge in [-0.05, 0) is 24.9 Å². The van der Waals surface area contributed by atoms with E-state index in [9.17, 15) is 0 Å². The molecule has 0 spiro atoms. The molecule has 0 amide bonds. The van der Waals surface area contributed by atoms with E-state index in [0.29, 0.717) is 6.04 Å². The van der Waals surface area contributed by atoms with Crippen LogP contribution in [0.25, 0.3) is 0 Å². The Balaban J connectivity index is 1.54. The lowest BCUT2D eigenvalue weighted by molar-refractivity contribution is 0.0386. The zero-order chi connectivity index (χ0) is 12.4. The normalized spacial score (nSPS) is 27.1. The van der Waals surface area contributed by atoms with E-state index in [0.717, 1.165) is 25.7 Å². The first kappa shape index (κ1) is 12.2. The number of nitrogens with two attached hydrogens (primary N) is 1. The highest BCUT2D eigenvalue weighted by Gasteiger charge is 2.32. The van der Waals surface area contributed by atoms with Crippen molar-refractivity contribution in [1.29, 1.82) is 0 Å². The number of nitrogens with zero attached hydrogens (tertiary/aromatic N) is 2. The lowest BCUT2D eigenvalue weighted by atomic mass is 9.98. The number of likely N-dealkylation sites (tertiary alicyclic amines) is 2. The molecule has 1 aromatic carbocycles. The molecule has 1 aromatic rings. The molecule has 3 heteroatoms. The maximum atomic E-state index is 5.88. The molecule has 3 nitrogen and oxygen atoms in total. The second-order valence-corrected chi connectivity index (χ2v) is 5.73. The van der Waals surface area contributed by atoms with Crippen molar-refractivity contribution in [3.05, 3.63) is 35.9 Å². The fraction of sp³-hybridized carbons (Fsp3) is 0.600. The maximum Gasteiger partial charge on any atom is 0.0297 e. The van der Waals surface area contributed by atoms with Crippen molar-refractivity contribution in [2.24, 2.45) is 5.73 Å². The molecule has 0 radical (unpaired) electrons. The average Bonchev–Trinajstić information content (AvgIpc) is 2.37. The van der Waals surface area contributed by atoms with Crippen LogP contribution in [0.3, 0.4) is 0 Å². The van der Waals surface area contributed by atoms with Crippen LogP contribution in [0, 0.1) is 0 Å². The summed E-state index contributed by atoms with van der Waals surface area (Å²) >= 11 is 0. The number of piperidine rings is 1. The van der Waals surface area contributed by atoms with Gasteiger partial charge in [0, 0.05) is 38.3 Å². The predicted octanol–water partition coefficient (Wildman–Crippen LogP) is 1.29. The molecule has 2 N–H and O–H groups in total. The van der Waals surface area contributed by atoms with E-state index in [-0.39, 0.29) is 0 Å². The molecular weight excluding hydrogens is 222 g/mol. The largest absolute Gasteiger partial charge is 0.325 e. The maximum absolute atomic E-state index is 5.88. The summed E-state index contributed by atoms with van der Waals surface area (Å²) in [5.74, 6) is 0. The summed E-state index contributed by atoms with van der Waals surface area (Å²) in [6.07, 6.45) is 2.67. The molecule has 3 rings (SSSR count). The lowest BCUT2D eigenvalue weighted by Crippen LogP contribution is -2.62. The minimum absolute atomic E-state index is 0.425. The number of hydrogen-bond acceptors (Lipinski definition) is 3. The molecule has 1 atom stereocenters. The van der Waals surface area contributed by atoms with Crippen molar-refractivity contribution in [1.82, 2.24) is 9.80 Å². The summed E-state index contributed by atoms with van der Waals surface area (Å²) < 4.78 is 0. The highest BCUT2D eigenvalue weighted by atomic mass is 15.3. The number of rotatable bonds is 3. The van der Waals surface area contributed by atoms with E-state index in [4.69, 9.17) is 5.73 Å². The van der Waals surface area contributed by atoms with Crippen LogP contribution < -0.4 is 5.73 Å². The molecule has 2 saturated heterocycles. The number of hydrogen-bond donors (Lipinski definition) is 1. The molecule has 0 aromatic heterocycles. The van der Waals surface area contributed by atoms with Gasteiger partial charge in [-0.25, -0.2) is 0 Å².